The SMILES string of the molecule is CNc1cccc(NCC(C)CO)c1[N+](=O)[O-]. The molecule has 0 aromatic heterocycles. The molecule has 0 bridgehead atoms. The van der Waals surface area contributed by atoms with Crippen molar-refractivity contribution in [3.63, 3.8) is 0 Å². The van der Waals surface area contributed by atoms with E-state index in [1.807, 2.05) is 6.92 Å². The zero-order valence-corrected chi connectivity index (χ0v) is 9.93. The van der Waals surface area contributed by atoms with Crippen LogP contribution in [0.3, 0.4) is 0 Å². The molecule has 1 rings (SSSR count). The molecular formula is C11H17N3O3. The minimum Gasteiger partial charge on any atom is -0.396 e. The molecule has 1 aromatic rings. The first-order valence-corrected chi connectivity index (χ1v) is 5.40. The van der Waals surface area contributed by atoms with Crippen molar-refractivity contribution in [2.45, 2.75) is 6.92 Å². The molecule has 94 valence electrons. The van der Waals surface area contributed by atoms with Crippen molar-refractivity contribution in [2.75, 3.05) is 30.8 Å². The minimum atomic E-state index is -0.419. The van der Waals surface area contributed by atoms with E-state index in [0.29, 0.717) is 17.9 Å². The van der Waals surface area contributed by atoms with Gasteiger partial charge in [-0.15, -0.1) is 0 Å². The van der Waals surface area contributed by atoms with Gasteiger partial charge in [-0.2, -0.15) is 0 Å². The molecule has 0 amide bonds. The summed E-state index contributed by atoms with van der Waals surface area (Å²) in [6.45, 7) is 2.40. The van der Waals surface area contributed by atoms with Crippen LogP contribution in [0.4, 0.5) is 17.1 Å². The molecule has 3 N–H and O–H groups in total. The van der Waals surface area contributed by atoms with E-state index in [4.69, 9.17) is 5.11 Å². The zero-order chi connectivity index (χ0) is 12.8. The Morgan fingerprint density at radius 2 is 2.12 bits per heavy atom. The Hall–Kier alpha value is -1.82. The molecule has 6 nitrogen and oxygen atoms in total. The van der Waals surface area contributed by atoms with E-state index in [9.17, 15) is 10.1 Å². The molecule has 1 atom stereocenters. The molecule has 0 fully saturated rings. The Kier molecular flexibility index (Phi) is 4.71. The third kappa shape index (κ3) is 3.32. The lowest BCUT2D eigenvalue weighted by Crippen LogP contribution is -2.15. The predicted molar refractivity (Wildman–Crippen MR) is 67.4 cm³/mol. The summed E-state index contributed by atoms with van der Waals surface area (Å²) in [6.07, 6.45) is 0. The number of rotatable bonds is 6. The van der Waals surface area contributed by atoms with Gasteiger partial charge in [-0.05, 0) is 18.1 Å². The number of hydrogen-bond acceptors (Lipinski definition) is 5. The molecule has 0 saturated carbocycles. The summed E-state index contributed by atoms with van der Waals surface area (Å²) in [7, 11) is 1.64. The molecule has 6 heteroatoms. The van der Waals surface area contributed by atoms with Crippen molar-refractivity contribution in [1.29, 1.82) is 0 Å². The second-order valence-corrected chi connectivity index (χ2v) is 3.88. The molecule has 0 heterocycles. The highest BCUT2D eigenvalue weighted by Crippen LogP contribution is 2.32. The number of hydrogen-bond donors (Lipinski definition) is 3. The average Bonchev–Trinajstić information content (AvgIpc) is 2.34. The number of nitro groups is 1. The summed E-state index contributed by atoms with van der Waals surface area (Å²) in [5.41, 5.74) is 0.957. The van der Waals surface area contributed by atoms with Crippen LogP contribution in [0.1, 0.15) is 6.92 Å². The van der Waals surface area contributed by atoms with E-state index >= 15 is 0 Å². The van der Waals surface area contributed by atoms with Crippen LogP contribution in [0.2, 0.25) is 0 Å². The molecule has 0 saturated heterocycles. The predicted octanol–water partition coefficient (Wildman–Crippen LogP) is 1.68. The van der Waals surface area contributed by atoms with Crippen LogP contribution >= 0.6 is 0 Å². The topological polar surface area (TPSA) is 87.4 Å². The number of nitrogens with one attached hydrogen (secondary N) is 2. The van der Waals surface area contributed by atoms with E-state index in [2.05, 4.69) is 10.6 Å². The van der Waals surface area contributed by atoms with Crippen molar-refractivity contribution in [2.24, 2.45) is 5.92 Å². The van der Waals surface area contributed by atoms with E-state index in [1.54, 1.807) is 25.2 Å². The van der Waals surface area contributed by atoms with Crippen LogP contribution in [-0.4, -0.2) is 30.2 Å². The molecule has 1 unspecified atom stereocenters. The van der Waals surface area contributed by atoms with Gasteiger partial charge in [0, 0.05) is 20.2 Å². The van der Waals surface area contributed by atoms with Crippen LogP contribution in [0.5, 0.6) is 0 Å². The summed E-state index contributed by atoms with van der Waals surface area (Å²) in [5.74, 6) is 0.0489. The standard InChI is InChI=1S/C11H17N3O3/c1-8(7-15)6-13-10-5-3-4-9(12-2)11(10)14(16)17/h3-5,8,12-13,15H,6-7H2,1-2H3. The maximum Gasteiger partial charge on any atom is 0.315 e. The fourth-order valence-electron chi connectivity index (χ4n) is 1.43. The Morgan fingerprint density at radius 1 is 1.47 bits per heavy atom. The van der Waals surface area contributed by atoms with E-state index in [1.165, 1.54) is 0 Å². The maximum atomic E-state index is 11.0. The first-order valence-electron chi connectivity index (χ1n) is 5.40. The first kappa shape index (κ1) is 13.2. The summed E-state index contributed by atoms with van der Waals surface area (Å²) < 4.78 is 0. The van der Waals surface area contributed by atoms with E-state index in [-0.39, 0.29) is 18.2 Å². The van der Waals surface area contributed by atoms with Crippen molar-refractivity contribution in [3.8, 4) is 0 Å². The summed E-state index contributed by atoms with van der Waals surface area (Å²) >= 11 is 0. The monoisotopic (exact) mass is 239 g/mol. The van der Waals surface area contributed by atoms with E-state index in [0.717, 1.165) is 0 Å². The van der Waals surface area contributed by atoms with Crippen LogP contribution < -0.4 is 10.6 Å². The van der Waals surface area contributed by atoms with Gasteiger partial charge in [-0.3, -0.25) is 10.1 Å². The van der Waals surface area contributed by atoms with Crippen LogP contribution in [0.15, 0.2) is 18.2 Å². The van der Waals surface area contributed by atoms with Gasteiger partial charge in [0.1, 0.15) is 11.4 Å². The number of nitrogens with zero attached hydrogens (tertiary/aromatic N) is 1. The third-order valence-electron chi connectivity index (χ3n) is 2.44. The van der Waals surface area contributed by atoms with Crippen molar-refractivity contribution < 1.29 is 10.0 Å². The Labute approximate surface area is 99.8 Å². The molecular weight excluding hydrogens is 222 g/mol. The summed E-state index contributed by atoms with van der Waals surface area (Å²) in [5, 5.41) is 25.7. The van der Waals surface area contributed by atoms with Crippen molar-refractivity contribution in [3.05, 3.63) is 28.3 Å². The van der Waals surface area contributed by atoms with Crippen LogP contribution in [0.25, 0.3) is 0 Å². The first-order chi connectivity index (χ1) is 8.10. The van der Waals surface area contributed by atoms with Crippen LogP contribution in [0, 0.1) is 16.0 Å². The van der Waals surface area contributed by atoms with Gasteiger partial charge in [-0.25, -0.2) is 0 Å². The highest BCUT2D eigenvalue weighted by Gasteiger charge is 2.18. The molecule has 17 heavy (non-hydrogen) atoms. The fourth-order valence-corrected chi connectivity index (χ4v) is 1.43. The average molecular weight is 239 g/mol. The largest absolute Gasteiger partial charge is 0.396 e. The number of anilines is 2. The maximum absolute atomic E-state index is 11.0. The molecule has 0 radical (unpaired) electrons. The van der Waals surface area contributed by atoms with Crippen LogP contribution in [-0.2, 0) is 0 Å². The number of nitro benzene ring substituents is 1. The zero-order valence-electron chi connectivity index (χ0n) is 9.93. The second-order valence-electron chi connectivity index (χ2n) is 3.88. The molecule has 1 aromatic carbocycles. The Balaban J connectivity index is 2.94. The minimum absolute atomic E-state index is 0.0279. The lowest BCUT2D eigenvalue weighted by Gasteiger charge is -2.12. The van der Waals surface area contributed by atoms with Gasteiger partial charge < -0.3 is 15.7 Å². The van der Waals surface area contributed by atoms with E-state index < -0.39 is 4.92 Å². The highest BCUT2D eigenvalue weighted by atomic mass is 16.6. The number of aliphatic hydroxyl groups excluding tert-OH is 1. The quantitative estimate of drug-likeness (QED) is 0.519. The normalized spacial score (nSPS) is 11.9. The third-order valence-corrected chi connectivity index (χ3v) is 2.44. The van der Waals surface area contributed by atoms with Crippen molar-refractivity contribution >= 4 is 17.1 Å². The van der Waals surface area contributed by atoms with Gasteiger partial charge >= 0.3 is 5.69 Å². The summed E-state index contributed by atoms with van der Waals surface area (Å²) in [6, 6.07) is 5.05. The summed E-state index contributed by atoms with van der Waals surface area (Å²) in [4.78, 5) is 10.6. The molecule has 0 spiro atoms. The van der Waals surface area contributed by atoms with Crippen molar-refractivity contribution in [1.82, 2.24) is 0 Å². The second kappa shape index (κ2) is 6.05. The molecule has 0 aliphatic carbocycles. The lowest BCUT2D eigenvalue weighted by atomic mass is 10.2. The van der Waals surface area contributed by atoms with Gasteiger partial charge in [0.15, 0.2) is 0 Å². The number of para-hydroxylation sites is 1. The Bertz CT molecular complexity index is 396. The van der Waals surface area contributed by atoms with Gasteiger partial charge in [0.2, 0.25) is 0 Å². The smallest absolute Gasteiger partial charge is 0.315 e. The number of benzene rings is 1. The Morgan fingerprint density at radius 3 is 2.65 bits per heavy atom. The molecule has 0 aliphatic rings. The highest BCUT2D eigenvalue weighted by molar-refractivity contribution is 5.75. The van der Waals surface area contributed by atoms with Gasteiger partial charge in [0.25, 0.3) is 0 Å². The number of aliphatic hydroxyl groups is 1. The van der Waals surface area contributed by atoms with Gasteiger partial charge in [-0.1, -0.05) is 13.0 Å². The molecule has 0 aliphatic heterocycles. The fraction of sp³-hybridized carbons (Fsp3) is 0.455. The lowest BCUT2D eigenvalue weighted by molar-refractivity contribution is -0.383. The van der Waals surface area contributed by atoms with Gasteiger partial charge in [0.05, 0.1) is 4.92 Å².